The molecule has 0 aliphatic carbocycles. The zero-order chi connectivity index (χ0) is 62.1. The number of rotatable bonds is 25. The van der Waals surface area contributed by atoms with Gasteiger partial charge in [0.05, 0.1) is 37.7 Å². The Bertz CT molecular complexity index is 3020. The summed E-state index contributed by atoms with van der Waals surface area (Å²) in [5, 5.41) is 81.1. The van der Waals surface area contributed by atoms with Crippen LogP contribution in [0.3, 0.4) is 0 Å². The number of hydrogen-bond donors (Lipinski definition) is 15. The second kappa shape index (κ2) is 34.5. The molecule has 0 spiro atoms. The predicted molar refractivity (Wildman–Crippen MR) is 322 cm³/mol. The summed E-state index contributed by atoms with van der Waals surface area (Å²) in [6.45, 7) is 2.36. The summed E-state index contributed by atoms with van der Waals surface area (Å²) in [7, 11) is 1.94. The van der Waals surface area contributed by atoms with Gasteiger partial charge in [0.25, 0.3) is 0 Å². The molecule has 3 aromatic carbocycles. The van der Waals surface area contributed by atoms with Crippen molar-refractivity contribution < 1.29 is 63.9 Å². The maximum Gasteiger partial charge on any atom is 0.245 e. The lowest BCUT2D eigenvalue weighted by molar-refractivity contribution is -0.136. The summed E-state index contributed by atoms with van der Waals surface area (Å²) in [6.07, 6.45) is 2.58. The molecule has 5 aromatic rings. The Morgan fingerprint density at radius 1 is 0.733 bits per heavy atom. The van der Waals surface area contributed by atoms with Gasteiger partial charge in [-0.3, -0.25) is 43.0 Å². The number of aliphatic hydroxyl groups is 4. The lowest BCUT2D eigenvalue weighted by atomic mass is 10.0. The van der Waals surface area contributed by atoms with E-state index in [4.69, 9.17) is 5.73 Å². The number of H-pyrrole nitrogens is 1. The monoisotopic (exact) mass is 1230 g/mol. The van der Waals surface area contributed by atoms with Gasteiger partial charge in [-0.1, -0.05) is 93.9 Å². The van der Waals surface area contributed by atoms with Gasteiger partial charge >= 0.3 is 0 Å². The van der Waals surface area contributed by atoms with E-state index < -0.39 is 114 Å². The molecule has 0 unspecified atom stereocenters. The van der Waals surface area contributed by atoms with Crippen molar-refractivity contribution in [2.75, 3.05) is 24.7 Å². The standard InChI is InChI=1S/C58H79N13O13S2/c1-34(74)47(31-73)65-57(83)49-33-86-85-32-48(66-53(79)44(25-36-13-5-3-6-14-36)61-50(77)18-7-4-12-24-71-29-39(30-72)69-70-71)56(82)63-45(26-37-19-21-40(76)22-20-37)54(80)64-46(27-38-28-60-42-16-9-8-15-41(38)42)55(81)62-43(17-10-11-23-59)52(78)68-51(35(2)75)58(84)67-49/h3,5-6,8-9,13-16,19-22,28-29,34-35,43-49,51,60,72-76H,4,7,10-12,17-18,23-27,30-33,59H2,1-2H3,(H,61,77)(H,62,81)(H,63,82)(H,64,80)(H,65,83)(H,66,79)(H,67,84)(H,68,78)/t34-,35-,43+,44-,45+,46-,47-,48+,49+,51+/m1/s1. The molecule has 1 aliphatic rings. The number of benzene rings is 3. The van der Waals surface area contributed by atoms with Crippen LogP contribution in [-0.4, -0.2) is 178 Å². The Morgan fingerprint density at radius 3 is 2.09 bits per heavy atom. The first kappa shape index (κ1) is 67.5. The van der Waals surface area contributed by atoms with Gasteiger partial charge in [-0.05, 0) is 87.4 Å². The number of aromatic hydroxyl groups is 1. The number of nitrogens with zero attached hydrogens (tertiary/aromatic N) is 3. The normalized spacial score (nSPS) is 20.8. The van der Waals surface area contributed by atoms with Crippen molar-refractivity contribution in [1.82, 2.24) is 62.5 Å². The van der Waals surface area contributed by atoms with E-state index in [1.54, 1.807) is 53.5 Å². The van der Waals surface area contributed by atoms with Crippen LogP contribution in [0.5, 0.6) is 5.75 Å². The number of nitrogens with two attached hydrogens (primary N) is 1. The number of phenolic OH excluding ortho intramolecular Hbond substituents is 1. The van der Waals surface area contributed by atoms with Crippen LogP contribution in [0.1, 0.15) is 81.2 Å². The summed E-state index contributed by atoms with van der Waals surface area (Å²) >= 11 is 0. The number of aliphatic hydroxyl groups excluding tert-OH is 4. The van der Waals surface area contributed by atoms with Crippen LogP contribution in [0.15, 0.2) is 91.3 Å². The molecule has 8 amide bonds. The summed E-state index contributed by atoms with van der Waals surface area (Å²) in [5.41, 5.74) is 8.71. The lowest BCUT2D eigenvalue weighted by Crippen LogP contribution is -2.62. The number of unbranched alkanes of at least 4 members (excludes halogenated alkanes) is 3. The number of nitrogens with one attached hydrogen (secondary N) is 9. The maximum atomic E-state index is 15.0. The molecule has 1 aliphatic heterocycles. The van der Waals surface area contributed by atoms with Crippen molar-refractivity contribution in [2.45, 2.75) is 152 Å². The molecule has 466 valence electrons. The van der Waals surface area contributed by atoms with Crippen LogP contribution in [-0.2, 0) is 70.8 Å². The summed E-state index contributed by atoms with van der Waals surface area (Å²) in [4.78, 5) is 119. The molecular formula is C58H79N13O13S2. The number of para-hydroxylation sites is 1. The van der Waals surface area contributed by atoms with Crippen LogP contribution < -0.4 is 48.3 Å². The average Bonchev–Trinajstić information content (AvgIpc) is 2.81. The third kappa shape index (κ3) is 21.1. The van der Waals surface area contributed by atoms with E-state index >= 15 is 9.59 Å². The SMILES string of the molecule is C[C@@H](O)[C@@H]1NC(=O)[C@H](CCCCN)NC(=O)[C@@H](Cc2c[nH]c3ccccc23)NC(=O)[C@H](Cc2ccc(O)cc2)NC(=O)[C@@H](NC(=O)[C@@H](Cc2ccccc2)NC(=O)CCCCCn2cc(CO)nn2)CSSC[C@@H](C(=O)N[C@H](CO)[C@@H](C)O)NC1=O. The molecule has 1 saturated heterocycles. The Morgan fingerprint density at radius 2 is 1.41 bits per heavy atom. The zero-order valence-corrected chi connectivity index (χ0v) is 49.6. The summed E-state index contributed by atoms with van der Waals surface area (Å²) in [6, 6.07) is 10.5. The van der Waals surface area contributed by atoms with Gasteiger partial charge in [-0.25, -0.2) is 0 Å². The van der Waals surface area contributed by atoms with Crippen molar-refractivity contribution in [3.05, 3.63) is 114 Å². The molecule has 0 radical (unpaired) electrons. The smallest absolute Gasteiger partial charge is 0.245 e. The molecule has 1 fully saturated rings. The molecule has 6 rings (SSSR count). The first-order valence-corrected chi connectivity index (χ1v) is 31.0. The number of aromatic amines is 1. The fourth-order valence-corrected chi connectivity index (χ4v) is 11.7. The van der Waals surface area contributed by atoms with E-state index in [1.165, 1.54) is 38.1 Å². The molecule has 0 bridgehead atoms. The van der Waals surface area contributed by atoms with Crippen LogP contribution in [0.2, 0.25) is 0 Å². The van der Waals surface area contributed by atoms with Crippen LogP contribution in [0.25, 0.3) is 10.9 Å². The molecule has 0 saturated carbocycles. The van der Waals surface area contributed by atoms with Gasteiger partial charge in [-0.2, -0.15) is 0 Å². The molecule has 86 heavy (non-hydrogen) atoms. The highest BCUT2D eigenvalue weighted by atomic mass is 33.1. The third-order valence-electron chi connectivity index (χ3n) is 14.3. The van der Waals surface area contributed by atoms with Gasteiger partial charge in [0.1, 0.15) is 53.7 Å². The highest BCUT2D eigenvalue weighted by Crippen LogP contribution is 2.25. The minimum absolute atomic E-state index is 0.000533. The number of phenols is 1. The Hall–Kier alpha value is -7.60. The van der Waals surface area contributed by atoms with E-state index in [1.807, 2.05) is 18.2 Å². The Balaban J connectivity index is 1.37. The van der Waals surface area contributed by atoms with E-state index in [2.05, 4.69) is 57.8 Å². The first-order chi connectivity index (χ1) is 41.3. The zero-order valence-electron chi connectivity index (χ0n) is 48.0. The number of carbonyl (C=O) groups excluding carboxylic acids is 8. The molecule has 26 nitrogen and oxygen atoms in total. The third-order valence-corrected chi connectivity index (χ3v) is 16.7. The van der Waals surface area contributed by atoms with Gasteiger partial charge < -0.3 is 78.8 Å². The predicted octanol–water partition coefficient (Wildman–Crippen LogP) is -0.598. The van der Waals surface area contributed by atoms with Gasteiger partial charge in [0, 0.05) is 60.8 Å². The van der Waals surface area contributed by atoms with Crippen LogP contribution >= 0.6 is 21.6 Å². The van der Waals surface area contributed by atoms with Crippen LogP contribution in [0.4, 0.5) is 0 Å². The van der Waals surface area contributed by atoms with Gasteiger partial charge in [0.15, 0.2) is 0 Å². The minimum Gasteiger partial charge on any atom is -0.508 e. The van der Waals surface area contributed by atoms with Crippen molar-refractivity contribution in [3.63, 3.8) is 0 Å². The number of aromatic nitrogens is 4. The van der Waals surface area contributed by atoms with Crippen molar-refractivity contribution in [3.8, 4) is 5.75 Å². The second-order valence-electron chi connectivity index (χ2n) is 21.1. The van der Waals surface area contributed by atoms with Crippen molar-refractivity contribution in [1.29, 1.82) is 0 Å². The van der Waals surface area contributed by atoms with Crippen molar-refractivity contribution in [2.24, 2.45) is 5.73 Å². The van der Waals surface area contributed by atoms with E-state index in [9.17, 15) is 54.3 Å². The summed E-state index contributed by atoms with van der Waals surface area (Å²) < 4.78 is 1.59. The number of hydrogen-bond acceptors (Lipinski definition) is 18. The Labute approximate surface area is 505 Å². The average molecular weight is 1230 g/mol. The highest BCUT2D eigenvalue weighted by molar-refractivity contribution is 8.76. The Kier molecular flexibility index (Phi) is 27.1. The molecule has 2 aromatic heterocycles. The second-order valence-corrected chi connectivity index (χ2v) is 23.7. The first-order valence-electron chi connectivity index (χ1n) is 28.6. The maximum absolute atomic E-state index is 15.0. The fourth-order valence-electron chi connectivity index (χ4n) is 9.36. The molecule has 10 atom stereocenters. The van der Waals surface area contributed by atoms with Gasteiger partial charge in [-0.15, -0.1) is 5.10 Å². The van der Waals surface area contributed by atoms with Crippen molar-refractivity contribution >= 4 is 79.7 Å². The van der Waals surface area contributed by atoms with Gasteiger partial charge in [0.2, 0.25) is 47.3 Å². The van der Waals surface area contributed by atoms with E-state index in [0.717, 1.165) is 32.5 Å². The molecule has 16 N–H and O–H groups in total. The quantitative estimate of drug-likeness (QED) is 0.0256. The minimum atomic E-state index is -1.72. The number of carbonyl (C=O) groups is 8. The molecular weight excluding hydrogens is 1150 g/mol. The highest BCUT2D eigenvalue weighted by Gasteiger charge is 2.37. The number of amides is 8. The number of aryl methyl sites for hydroxylation is 1. The molecule has 3 heterocycles. The van der Waals surface area contributed by atoms with E-state index in [0.29, 0.717) is 61.0 Å². The van der Waals surface area contributed by atoms with E-state index in [-0.39, 0.29) is 62.5 Å². The molecule has 28 heteroatoms. The lowest BCUT2D eigenvalue weighted by Gasteiger charge is -2.29. The fraction of sp³-hybridized carbons (Fsp3) is 0.483. The van der Waals surface area contributed by atoms with Crippen LogP contribution in [0, 0.1) is 0 Å². The number of fused-ring (bicyclic) bond motifs is 1. The largest absolute Gasteiger partial charge is 0.508 e. The summed E-state index contributed by atoms with van der Waals surface area (Å²) in [5.74, 6) is -7.24. The topological polar surface area (TPSA) is 406 Å².